The number of pyridine rings is 1. The first-order valence-electron chi connectivity index (χ1n) is 5.87. The zero-order valence-electron chi connectivity index (χ0n) is 10.7. The topological polar surface area (TPSA) is 37.3 Å². The van der Waals surface area contributed by atoms with E-state index in [1.165, 1.54) is 11.1 Å². The number of amidine groups is 1. The summed E-state index contributed by atoms with van der Waals surface area (Å²) in [6, 6.07) is 2.06. The van der Waals surface area contributed by atoms with Crippen LogP contribution in [0, 0.1) is 12.3 Å². The first-order valence-corrected chi connectivity index (χ1v) is 6.86. The molecular formula is C13H19N3S. The zero-order chi connectivity index (χ0) is 12.3. The van der Waals surface area contributed by atoms with Gasteiger partial charge in [0.1, 0.15) is 0 Å². The SMILES string of the molecule is Cc1cnccc1CNC1=NCC(C)(C)CS1. The molecule has 0 amide bonds. The summed E-state index contributed by atoms with van der Waals surface area (Å²) in [6.07, 6.45) is 3.74. The number of hydrogen-bond donors (Lipinski definition) is 1. The van der Waals surface area contributed by atoms with Gasteiger partial charge < -0.3 is 5.32 Å². The first kappa shape index (κ1) is 12.4. The number of aromatic nitrogens is 1. The number of aryl methyl sites for hydroxylation is 1. The van der Waals surface area contributed by atoms with E-state index in [9.17, 15) is 0 Å². The number of thioether (sulfide) groups is 1. The van der Waals surface area contributed by atoms with Crippen LogP contribution in [0.4, 0.5) is 0 Å². The Hall–Kier alpha value is -1.03. The van der Waals surface area contributed by atoms with Crippen LogP contribution in [0.5, 0.6) is 0 Å². The lowest BCUT2D eigenvalue weighted by atomic mass is 9.97. The average Bonchev–Trinajstić information content (AvgIpc) is 2.30. The number of nitrogens with zero attached hydrogens (tertiary/aromatic N) is 2. The molecule has 4 heteroatoms. The summed E-state index contributed by atoms with van der Waals surface area (Å²) < 4.78 is 0. The van der Waals surface area contributed by atoms with E-state index >= 15 is 0 Å². The van der Waals surface area contributed by atoms with Gasteiger partial charge in [0.05, 0.1) is 0 Å². The minimum atomic E-state index is 0.336. The number of hydrogen-bond acceptors (Lipinski definition) is 4. The van der Waals surface area contributed by atoms with Crippen molar-refractivity contribution in [2.24, 2.45) is 10.4 Å². The molecule has 1 N–H and O–H groups in total. The van der Waals surface area contributed by atoms with Crippen molar-refractivity contribution < 1.29 is 0 Å². The summed E-state index contributed by atoms with van der Waals surface area (Å²) in [4.78, 5) is 8.68. The monoisotopic (exact) mass is 249 g/mol. The molecule has 0 aliphatic carbocycles. The molecular weight excluding hydrogens is 230 g/mol. The van der Waals surface area contributed by atoms with E-state index < -0.39 is 0 Å². The van der Waals surface area contributed by atoms with Crippen molar-refractivity contribution in [1.82, 2.24) is 10.3 Å². The van der Waals surface area contributed by atoms with Gasteiger partial charge in [0.15, 0.2) is 5.17 Å². The van der Waals surface area contributed by atoms with Crippen LogP contribution in [-0.4, -0.2) is 22.4 Å². The van der Waals surface area contributed by atoms with Crippen molar-refractivity contribution in [2.75, 3.05) is 12.3 Å². The second-order valence-electron chi connectivity index (χ2n) is 5.23. The third kappa shape index (κ3) is 3.46. The molecule has 0 aromatic carbocycles. The van der Waals surface area contributed by atoms with Crippen molar-refractivity contribution >= 4 is 16.9 Å². The van der Waals surface area contributed by atoms with Gasteiger partial charge in [-0.15, -0.1) is 0 Å². The molecule has 2 heterocycles. The van der Waals surface area contributed by atoms with Crippen LogP contribution in [0.1, 0.15) is 25.0 Å². The maximum absolute atomic E-state index is 4.58. The van der Waals surface area contributed by atoms with E-state index in [-0.39, 0.29) is 0 Å². The van der Waals surface area contributed by atoms with E-state index in [0.29, 0.717) is 5.41 Å². The van der Waals surface area contributed by atoms with Gasteiger partial charge in [0.25, 0.3) is 0 Å². The number of rotatable bonds is 2. The van der Waals surface area contributed by atoms with Gasteiger partial charge >= 0.3 is 0 Å². The highest BCUT2D eigenvalue weighted by Gasteiger charge is 2.23. The Morgan fingerprint density at radius 1 is 1.47 bits per heavy atom. The molecule has 1 aromatic heterocycles. The Morgan fingerprint density at radius 2 is 2.29 bits per heavy atom. The maximum Gasteiger partial charge on any atom is 0.156 e. The Labute approximate surface area is 107 Å². The number of nitrogens with one attached hydrogen (secondary N) is 1. The third-order valence-corrected chi connectivity index (χ3v) is 4.29. The van der Waals surface area contributed by atoms with Gasteiger partial charge in [0, 0.05) is 31.2 Å². The van der Waals surface area contributed by atoms with Gasteiger partial charge in [-0.2, -0.15) is 0 Å². The predicted octanol–water partition coefficient (Wildman–Crippen LogP) is 2.61. The summed E-state index contributed by atoms with van der Waals surface area (Å²) in [5, 5.41) is 4.47. The lowest BCUT2D eigenvalue weighted by molar-refractivity contribution is 0.436. The highest BCUT2D eigenvalue weighted by atomic mass is 32.2. The summed E-state index contributed by atoms with van der Waals surface area (Å²) >= 11 is 1.82. The van der Waals surface area contributed by atoms with Crippen LogP contribution in [0.3, 0.4) is 0 Å². The summed E-state index contributed by atoms with van der Waals surface area (Å²) in [5.41, 5.74) is 2.84. The lowest BCUT2D eigenvalue weighted by Gasteiger charge is -2.27. The van der Waals surface area contributed by atoms with Crippen molar-refractivity contribution in [2.45, 2.75) is 27.3 Å². The van der Waals surface area contributed by atoms with Crippen LogP contribution in [0.25, 0.3) is 0 Å². The fourth-order valence-electron chi connectivity index (χ4n) is 1.62. The molecule has 0 atom stereocenters. The molecule has 0 bridgehead atoms. The number of aliphatic imine (C=N–C) groups is 1. The lowest BCUT2D eigenvalue weighted by Crippen LogP contribution is -2.31. The van der Waals surface area contributed by atoms with Crippen LogP contribution in [0.15, 0.2) is 23.5 Å². The molecule has 0 saturated heterocycles. The van der Waals surface area contributed by atoms with Crippen LogP contribution >= 0.6 is 11.8 Å². The molecule has 1 aliphatic rings. The van der Waals surface area contributed by atoms with E-state index in [2.05, 4.69) is 42.1 Å². The van der Waals surface area contributed by atoms with Crippen molar-refractivity contribution in [3.63, 3.8) is 0 Å². The Kier molecular flexibility index (Phi) is 3.72. The highest BCUT2D eigenvalue weighted by Crippen LogP contribution is 2.27. The maximum atomic E-state index is 4.58. The molecule has 0 unspecified atom stereocenters. The standard InChI is InChI=1S/C13H19N3S/c1-10-6-14-5-4-11(10)7-15-12-16-8-13(2,3)9-17-12/h4-6H,7-9H2,1-3H3,(H,15,16). The molecule has 92 valence electrons. The normalized spacial score (nSPS) is 18.6. The van der Waals surface area contributed by atoms with Crippen molar-refractivity contribution in [3.05, 3.63) is 29.6 Å². The molecule has 0 radical (unpaired) electrons. The molecule has 3 nitrogen and oxygen atoms in total. The smallest absolute Gasteiger partial charge is 0.156 e. The second-order valence-corrected chi connectivity index (χ2v) is 6.19. The van der Waals surface area contributed by atoms with Crippen molar-refractivity contribution in [3.8, 4) is 0 Å². The van der Waals surface area contributed by atoms with Crippen LogP contribution < -0.4 is 5.32 Å². The Morgan fingerprint density at radius 3 is 2.94 bits per heavy atom. The van der Waals surface area contributed by atoms with E-state index in [1.807, 2.05) is 24.2 Å². The fourth-order valence-corrected chi connectivity index (χ4v) is 2.57. The zero-order valence-corrected chi connectivity index (χ0v) is 11.5. The van der Waals surface area contributed by atoms with Crippen LogP contribution in [0.2, 0.25) is 0 Å². The van der Waals surface area contributed by atoms with Gasteiger partial charge in [-0.25, -0.2) is 0 Å². The molecule has 0 fully saturated rings. The molecule has 1 aromatic rings. The third-order valence-electron chi connectivity index (χ3n) is 2.82. The van der Waals surface area contributed by atoms with E-state index in [4.69, 9.17) is 0 Å². The van der Waals surface area contributed by atoms with E-state index in [1.54, 1.807) is 0 Å². The average molecular weight is 249 g/mol. The Bertz CT molecular complexity index is 426. The molecule has 1 aliphatic heterocycles. The summed E-state index contributed by atoms with van der Waals surface area (Å²) in [7, 11) is 0. The van der Waals surface area contributed by atoms with E-state index in [0.717, 1.165) is 24.0 Å². The fraction of sp³-hybridized carbons (Fsp3) is 0.538. The molecule has 2 rings (SSSR count). The molecule has 17 heavy (non-hydrogen) atoms. The van der Waals surface area contributed by atoms with Gasteiger partial charge in [0.2, 0.25) is 0 Å². The minimum absolute atomic E-state index is 0.336. The van der Waals surface area contributed by atoms with Gasteiger partial charge in [-0.1, -0.05) is 25.6 Å². The highest BCUT2D eigenvalue weighted by molar-refractivity contribution is 8.13. The summed E-state index contributed by atoms with van der Waals surface area (Å²) in [5.74, 6) is 1.13. The second kappa shape index (κ2) is 5.08. The first-order chi connectivity index (χ1) is 8.07. The molecule has 0 saturated carbocycles. The van der Waals surface area contributed by atoms with Gasteiger partial charge in [-0.05, 0) is 29.5 Å². The Balaban J connectivity index is 1.92. The largest absolute Gasteiger partial charge is 0.361 e. The molecule has 0 spiro atoms. The minimum Gasteiger partial charge on any atom is -0.361 e. The van der Waals surface area contributed by atoms with Crippen molar-refractivity contribution in [1.29, 1.82) is 0 Å². The van der Waals surface area contributed by atoms with Crippen LogP contribution in [-0.2, 0) is 6.54 Å². The van der Waals surface area contributed by atoms with Gasteiger partial charge in [-0.3, -0.25) is 9.98 Å². The summed E-state index contributed by atoms with van der Waals surface area (Å²) in [6.45, 7) is 8.35. The quantitative estimate of drug-likeness (QED) is 0.875. The predicted molar refractivity (Wildman–Crippen MR) is 74.4 cm³/mol.